The average molecular weight is 384 g/mol. The van der Waals surface area contributed by atoms with Gasteiger partial charge in [0.15, 0.2) is 15.8 Å². The maximum Gasteiger partial charge on any atom is 0.194 e. The molecule has 1 saturated heterocycles. The minimum Gasteiger partial charge on any atom is -0.357 e. The van der Waals surface area contributed by atoms with E-state index >= 15 is 0 Å². The van der Waals surface area contributed by atoms with Crippen LogP contribution in [-0.2, 0) is 9.84 Å². The lowest BCUT2D eigenvalue weighted by Gasteiger charge is -2.36. The molecule has 0 aliphatic carbocycles. The number of hydrogen-bond acceptors (Lipinski definition) is 4. The smallest absolute Gasteiger partial charge is 0.194 e. The number of hydrogen-bond donors (Lipinski definition) is 1. The third kappa shape index (κ3) is 5.92. The third-order valence-corrected chi connectivity index (χ3v) is 7.45. The van der Waals surface area contributed by atoms with Gasteiger partial charge in [0, 0.05) is 30.6 Å². The molecule has 140 valence electrons. The van der Waals surface area contributed by atoms with Crippen LogP contribution >= 0.6 is 11.8 Å². The summed E-state index contributed by atoms with van der Waals surface area (Å²) in [7, 11) is -3.28. The molecule has 0 bridgehead atoms. The molecule has 1 aliphatic rings. The summed E-state index contributed by atoms with van der Waals surface area (Å²) in [6.45, 7) is 9.49. The lowest BCUT2D eigenvalue weighted by molar-refractivity contribution is 0.381. The second kappa shape index (κ2) is 9.48. The van der Waals surface area contributed by atoms with Crippen LogP contribution in [0.5, 0.6) is 0 Å². The van der Waals surface area contributed by atoms with Crippen LogP contribution in [-0.4, -0.2) is 62.2 Å². The summed E-state index contributed by atoms with van der Waals surface area (Å²) in [6.07, 6.45) is 0. The lowest BCUT2D eigenvalue weighted by atomic mass is 10.1. The highest BCUT2D eigenvalue weighted by Gasteiger charge is 2.25. The van der Waals surface area contributed by atoms with Crippen molar-refractivity contribution in [1.82, 2.24) is 10.2 Å². The average Bonchev–Trinajstić information content (AvgIpc) is 2.62. The van der Waals surface area contributed by atoms with Crippen molar-refractivity contribution in [3.8, 4) is 0 Å². The summed E-state index contributed by atoms with van der Waals surface area (Å²) < 4.78 is 24.8. The summed E-state index contributed by atoms with van der Waals surface area (Å²) in [6, 6.07) is 8.59. The molecule has 1 heterocycles. The van der Waals surface area contributed by atoms with Gasteiger partial charge >= 0.3 is 0 Å². The van der Waals surface area contributed by atoms with E-state index in [0.29, 0.717) is 16.1 Å². The fraction of sp³-hybridized carbons (Fsp3) is 0.611. The highest BCUT2D eigenvalue weighted by Crippen LogP contribution is 2.24. The molecule has 0 spiro atoms. The van der Waals surface area contributed by atoms with Gasteiger partial charge in [-0.25, -0.2) is 8.42 Å². The zero-order chi connectivity index (χ0) is 18.3. The monoisotopic (exact) mass is 383 g/mol. The van der Waals surface area contributed by atoms with Gasteiger partial charge in [-0.15, -0.1) is 0 Å². The highest BCUT2D eigenvalue weighted by molar-refractivity contribution is 8.00. The largest absolute Gasteiger partial charge is 0.357 e. The van der Waals surface area contributed by atoms with Gasteiger partial charge in [-0.2, -0.15) is 11.8 Å². The van der Waals surface area contributed by atoms with Crippen LogP contribution in [0.3, 0.4) is 0 Å². The van der Waals surface area contributed by atoms with Gasteiger partial charge in [0.25, 0.3) is 0 Å². The Labute approximate surface area is 156 Å². The maximum absolute atomic E-state index is 12.4. The molecular weight excluding hydrogens is 354 g/mol. The molecule has 1 atom stereocenters. The summed E-state index contributed by atoms with van der Waals surface area (Å²) in [5, 5.41) is 3.90. The molecule has 1 fully saturated rings. The van der Waals surface area contributed by atoms with Gasteiger partial charge in [0.2, 0.25) is 0 Å². The molecule has 1 N–H and O–H groups in total. The van der Waals surface area contributed by atoms with Crippen molar-refractivity contribution >= 4 is 27.6 Å². The van der Waals surface area contributed by atoms with Crippen LogP contribution in [0.15, 0.2) is 40.2 Å². The summed E-state index contributed by atoms with van der Waals surface area (Å²) >= 11 is 2.02. The van der Waals surface area contributed by atoms with Crippen molar-refractivity contribution in [3.63, 3.8) is 0 Å². The standard InChI is InChI=1S/C18H29N3O2S2/c1-4-19-18(21-11-12-24-17(14-21)15(2)3)20-10-13-25(22,23)16-8-6-5-7-9-16/h5-9,15,17H,4,10-14H2,1-3H3,(H,19,20). The van der Waals surface area contributed by atoms with Crippen molar-refractivity contribution in [2.24, 2.45) is 10.9 Å². The van der Waals surface area contributed by atoms with Gasteiger partial charge in [-0.3, -0.25) is 4.99 Å². The van der Waals surface area contributed by atoms with Gasteiger partial charge in [0.05, 0.1) is 17.2 Å². The Kier molecular flexibility index (Phi) is 7.62. The molecule has 1 unspecified atom stereocenters. The zero-order valence-electron chi connectivity index (χ0n) is 15.3. The zero-order valence-corrected chi connectivity index (χ0v) is 16.9. The number of nitrogens with zero attached hydrogens (tertiary/aromatic N) is 2. The summed E-state index contributed by atoms with van der Waals surface area (Å²) in [5.74, 6) is 2.56. The molecule has 1 aliphatic heterocycles. The quantitative estimate of drug-likeness (QED) is 0.604. The van der Waals surface area contributed by atoms with Crippen molar-refractivity contribution in [2.45, 2.75) is 30.9 Å². The number of thioether (sulfide) groups is 1. The summed E-state index contributed by atoms with van der Waals surface area (Å²) in [4.78, 5) is 7.21. The second-order valence-electron chi connectivity index (χ2n) is 6.47. The highest BCUT2D eigenvalue weighted by atomic mass is 32.2. The normalized spacial score (nSPS) is 19.3. The molecule has 2 rings (SSSR count). The first-order valence-corrected chi connectivity index (χ1v) is 11.6. The number of aliphatic imine (C=N–C) groups is 1. The minimum atomic E-state index is -3.28. The van der Waals surface area contributed by atoms with Gasteiger partial charge in [-0.1, -0.05) is 32.0 Å². The van der Waals surface area contributed by atoms with E-state index in [0.717, 1.165) is 31.3 Å². The molecule has 7 heteroatoms. The van der Waals surface area contributed by atoms with E-state index in [2.05, 4.69) is 29.1 Å². The van der Waals surface area contributed by atoms with Crippen LogP contribution in [0, 0.1) is 5.92 Å². The Bertz CT molecular complexity index is 660. The van der Waals surface area contributed by atoms with E-state index in [1.54, 1.807) is 24.3 Å². The van der Waals surface area contributed by atoms with E-state index < -0.39 is 9.84 Å². The first-order chi connectivity index (χ1) is 11.9. The number of nitrogens with one attached hydrogen (secondary N) is 1. The van der Waals surface area contributed by atoms with Gasteiger partial charge in [-0.05, 0) is 25.0 Å². The van der Waals surface area contributed by atoms with Gasteiger partial charge in [0.1, 0.15) is 0 Å². The molecule has 5 nitrogen and oxygen atoms in total. The predicted molar refractivity (Wildman–Crippen MR) is 107 cm³/mol. The molecule has 0 radical (unpaired) electrons. The molecule has 0 saturated carbocycles. The fourth-order valence-corrected chi connectivity index (χ4v) is 5.15. The fourth-order valence-electron chi connectivity index (χ4n) is 2.71. The number of guanidine groups is 1. The second-order valence-corrected chi connectivity index (χ2v) is 9.92. The Hall–Kier alpha value is -1.21. The Morgan fingerprint density at radius 3 is 2.72 bits per heavy atom. The van der Waals surface area contributed by atoms with Crippen LogP contribution in [0.1, 0.15) is 20.8 Å². The first-order valence-electron chi connectivity index (χ1n) is 8.86. The Morgan fingerprint density at radius 1 is 1.36 bits per heavy atom. The first kappa shape index (κ1) is 20.1. The molecular formula is C18H29N3O2S2. The van der Waals surface area contributed by atoms with Crippen molar-refractivity contribution < 1.29 is 8.42 Å². The minimum absolute atomic E-state index is 0.0299. The Morgan fingerprint density at radius 2 is 2.08 bits per heavy atom. The van der Waals surface area contributed by atoms with Gasteiger partial charge < -0.3 is 10.2 Å². The van der Waals surface area contributed by atoms with E-state index in [1.165, 1.54) is 0 Å². The SMILES string of the molecule is CCNC(=NCCS(=O)(=O)c1ccccc1)N1CCSC(C(C)C)C1. The molecule has 25 heavy (non-hydrogen) atoms. The molecule has 1 aromatic rings. The van der Waals surface area contributed by atoms with E-state index in [1.807, 2.05) is 24.8 Å². The molecule has 0 amide bonds. The number of benzene rings is 1. The summed E-state index contributed by atoms with van der Waals surface area (Å²) in [5.41, 5.74) is 0. The Balaban J connectivity index is 2.02. The van der Waals surface area contributed by atoms with Crippen molar-refractivity contribution in [2.75, 3.05) is 37.7 Å². The molecule has 1 aromatic carbocycles. The van der Waals surface area contributed by atoms with Crippen LogP contribution in [0.25, 0.3) is 0 Å². The van der Waals surface area contributed by atoms with Crippen LogP contribution in [0.2, 0.25) is 0 Å². The molecule has 0 aromatic heterocycles. The lowest BCUT2D eigenvalue weighted by Crippen LogP contribution is -2.49. The van der Waals surface area contributed by atoms with Crippen LogP contribution < -0.4 is 5.32 Å². The predicted octanol–water partition coefficient (Wildman–Crippen LogP) is 2.50. The van der Waals surface area contributed by atoms with E-state index in [4.69, 9.17) is 0 Å². The topological polar surface area (TPSA) is 61.8 Å². The maximum atomic E-state index is 12.4. The number of sulfone groups is 1. The van der Waals surface area contributed by atoms with E-state index in [-0.39, 0.29) is 12.3 Å². The third-order valence-electron chi connectivity index (χ3n) is 4.20. The van der Waals surface area contributed by atoms with Crippen molar-refractivity contribution in [1.29, 1.82) is 0 Å². The van der Waals surface area contributed by atoms with Crippen molar-refractivity contribution in [3.05, 3.63) is 30.3 Å². The van der Waals surface area contributed by atoms with Crippen LogP contribution in [0.4, 0.5) is 0 Å². The number of rotatable bonds is 6. The van der Waals surface area contributed by atoms with E-state index in [9.17, 15) is 8.42 Å².